The van der Waals surface area contributed by atoms with Gasteiger partial charge in [-0.05, 0) is 40.8 Å². The van der Waals surface area contributed by atoms with E-state index < -0.39 is 0 Å². The van der Waals surface area contributed by atoms with Gasteiger partial charge in [-0.2, -0.15) is 0 Å². The maximum Gasteiger partial charge on any atom is 0.248 e. The first-order valence-corrected chi connectivity index (χ1v) is 8.00. The monoisotopic (exact) mass is 357 g/mol. The molecule has 2 aromatic carbocycles. The first-order valence-electron chi connectivity index (χ1n) is 7.20. The largest absolute Gasteiger partial charge is 0.322 e. The number of para-hydroxylation sites is 1. The van der Waals surface area contributed by atoms with Crippen molar-refractivity contribution in [2.45, 2.75) is 26.2 Å². The third-order valence-corrected chi connectivity index (χ3v) is 3.76. The number of carbonyl (C=O) groups is 1. The Kier molecular flexibility index (Phi) is 5.19. The van der Waals surface area contributed by atoms with E-state index in [0.717, 1.165) is 21.3 Å². The number of rotatable bonds is 3. The van der Waals surface area contributed by atoms with Crippen molar-refractivity contribution in [1.82, 2.24) is 0 Å². The van der Waals surface area contributed by atoms with Crippen molar-refractivity contribution >= 4 is 33.6 Å². The van der Waals surface area contributed by atoms with E-state index in [1.807, 2.05) is 48.5 Å². The number of hydrogen-bond donors (Lipinski definition) is 1. The van der Waals surface area contributed by atoms with Gasteiger partial charge in [0.15, 0.2) is 0 Å². The Morgan fingerprint density at radius 1 is 1.09 bits per heavy atom. The van der Waals surface area contributed by atoms with Crippen LogP contribution in [0.3, 0.4) is 0 Å². The maximum atomic E-state index is 12.1. The van der Waals surface area contributed by atoms with Crippen LogP contribution in [0, 0.1) is 0 Å². The Bertz CT molecular complexity index is 699. The van der Waals surface area contributed by atoms with Crippen molar-refractivity contribution in [3.05, 3.63) is 70.2 Å². The van der Waals surface area contributed by atoms with Crippen LogP contribution in [-0.4, -0.2) is 5.91 Å². The average Bonchev–Trinajstić information content (AvgIpc) is 2.45. The Labute approximate surface area is 140 Å². The van der Waals surface area contributed by atoms with Crippen molar-refractivity contribution in [3.8, 4) is 0 Å². The average molecular weight is 358 g/mol. The molecule has 0 radical (unpaired) electrons. The lowest BCUT2D eigenvalue weighted by atomic mass is 9.86. The Morgan fingerprint density at radius 3 is 2.50 bits per heavy atom. The molecular weight excluding hydrogens is 338 g/mol. The van der Waals surface area contributed by atoms with Gasteiger partial charge in [-0.3, -0.25) is 4.79 Å². The highest BCUT2D eigenvalue weighted by Gasteiger charge is 2.17. The van der Waals surface area contributed by atoms with E-state index in [2.05, 4.69) is 42.0 Å². The number of nitrogens with one attached hydrogen (secondary N) is 1. The lowest BCUT2D eigenvalue weighted by Gasteiger charge is -2.22. The summed E-state index contributed by atoms with van der Waals surface area (Å²) in [5.74, 6) is -0.128. The van der Waals surface area contributed by atoms with E-state index in [1.54, 1.807) is 12.2 Å². The van der Waals surface area contributed by atoms with Crippen molar-refractivity contribution in [3.63, 3.8) is 0 Å². The fourth-order valence-corrected chi connectivity index (χ4v) is 2.62. The second kappa shape index (κ2) is 6.93. The summed E-state index contributed by atoms with van der Waals surface area (Å²) in [6.07, 6.45) is 3.36. The van der Waals surface area contributed by atoms with Crippen LogP contribution in [0.1, 0.15) is 31.9 Å². The lowest BCUT2D eigenvalue weighted by Crippen LogP contribution is -2.17. The molecule has 0 heterocycles. The number of hydrogen-bond acceptors (Lipinski definition) is 1. The summed E-state index contributed by atoms with van der Waals surface area (Å²) in [5.41, 5.74) is 2.95. The van der Waals surface area contributed by atoms with Crippen molar-refractivity contribution < 1.29 is 4.79 Å². The molecule has 0 atom stereocenters. The molecule has 0 saturated carbocycles. The van der Waals surface area contributed by atoms with Crippen LogP contribution in [0.5, 0.6) is 0 Å². The van der Waals surface area contributed by atoms with E-state index in [0.29, 0.717) is 0 Å². The molecule has 1 amide bonds. The summed E-state index contributed by atoms with van der Waals surface area (Å²) in [7, 11) is 0. The minimum atomic E-state index is -0.128. The van der Waals surface area contributed by atoms with Gasteiger partial charge in [0.25, 0.3) is 0 Å². The summed E-state index contributed by atoms with van der Waals surface area (Å²) in [5, 5.41) is 2.96. The fourth-order valence-electron chi connectivity index (χ4n) is 2.20. The highest BCUT2D eigenvalue weighted by Crippen LogP contribution is 2.29. The van der Waals surface area contributed by atoms with Crippen LogP contribution in [-0.2, 0) is 10.2 Å². The molecular formula is C19H20BrNO. The van der Waals surface area contributed by atoms with Crippen LogP contribution < -0.4 is 5.32 Å². The quantitative estimate of drug-likeness (QED) is 0.732. The third-order valence-electron chi connectivity index (χ3n) is 3.27. The van der Waals surface area contributed by atoms with E-state index in [9.17, 15) is 4.79 Å². The summed E-state index contributed by atoms with van der Waals surface area (Å²) in [4.78, 5) is 12.1. The van der Waals surface area contributed by atoms with Crippen molar-refractivity contribution in [1.29, 1.82) is 0 Å². The van der Waals surface area contributed by atoms with Gasteiger partial charge in [-0.1, -0.05) is 67.0 Å². The number of amides is 1. The standard InChI is InChI=1S/C19H20BrNO/c1-19(2,3)16-9-4-5-10-17(16)21-18(22)12-11-14-7-6-8-15(20)13-14/h4-13H,1-3H3,(H,21,22)/b12-11+. The molecule has 0 fully saturated rings. The number of carbonyl (C=O) groups excluding carboxylic acids is 1. The molecule has 2 aromatic rings. The van der Waals surface area contributed by atoms with Gasteiger partial charge in [-0.25, -0.2) is 0 Å². The number of benzene rings is 2. The van der Waals surface area contributed by atoms with Crippen LogP contribution in [0.2, 0.25) is 0 Å². The predicted molar refractivity (Wildman–Crippen MR) is 96.9 cm³/mol. The van der Waals surface area contributed by atoms with E-state index >= 15 is 0 Å². The van der Waals surface area contributed by atoms with Gasteiger partial charge in [0, 0.05) is 16.2 Å². The summed E-state index contributed by atoms with van der Waals surface area (Å²) in [6, 6.07) is 15.7. The summed E-state index contributed by atoms with van der Waals surface area (Å²) < 4.78 is 0.994. The van der Waals surface area contributed by atoms with Gasteiger partial charge in [0.05, 0.1) is 0 Å². The summed E-state index contributed by atoms with van der Waals surface area (Å²) >= 11 is 3.42. The molecule has 22 heavy (non-hydrogen) atoms. The molecule has 0 saturated heterocycles. The molecule has 3 heteroatoms. The summed E-state index contributed by atoms with van der Waals surface area (Å²) in [6.45, 7) is 6.40. The fraction of sp³-hybridized carbons (Fsp3) is 0.211. The maximum absolute atomic E-state index is 12.1. The zero-order valence-electron chi connectivity index (χ0n) is 13.1. The van der Waals surface area contributed by atoms with E-state index in [1.165, 1.54) is 0 Å². The number of anilines is 1. The molecule has 0 aliphatic carbocycles. The third kappa shape index (κ3) is 4.57. The smallest absolute Gasteiger partial charge is 0.248 e. The molecule has 1 N–H and O–H groups in total. The van der Waals surface area contributed by atoms with Crippen LogP contribution in [0.4, 0.5) is 5.69 Å². The first kappa shape index (κ1) is 16.5. The predicted octanol–water partition coefficient (Wildman–Crippen LogP) is 5.40. The SMILES string of the molecule is CC(C)(C)c1ccccc1NC(=O)/C=C/c1cccc(Br)c1. The molecule has 2 rings (SSSR count). The molecule has 0 aromatic heterocycles. The van der Waals surface area contributed by atoms with Crippen LogP contribution in [0.25, 0.3) is 6.08 Å². The highest BCUT2D eigenvalue weighted by molar-refractivity contribution is 9.10. The van der Waals surface area contributed by atoms with Gasteiger partial charge < -0.3 is 5.32 Å². The zero-order valence-corrected chi connectivity index (χ0v) is 14.6. The lowest BCUT2D eigenvalue weighted by molar-refractivity contribution is -0.111. The van der Waals surface area contributed by atoms with Crippen LogP contribution in [0.15, 0.2) is 59.1 Å². The Balaban J connectivity index is 2.13. The van der Waals surface area contributed by atoms with Crippen molar-refractivity contribution in [2.75, 3.05) is 5.32 Å². The van der Waals surface area contributed by atoms with E-state index in [-0.39, 0.29) is 11.3 Å². The first-order chi connectivity index (χ1) is 10.4. The number of halogens is 1. The molecule has 0 aliphatic rings. The minimum absolute atomic E-state index is 0.0160. The minimum Gasteiger partial charge on any atom is -0.322 e. The van der Waals surface area contributed by atoms with Gasteiger partial charge in [0.2, 0.25) is 5.91 Å². The van der Waals surface area contributed by atoms with E-state index in [4.69, 9.17) is 0 Å². The Morgan fingerprint density at radius 2 is 1.82 bits per heavy atom. The van der Waals surface area contributed by atoms with Crippen molar-refractivity contribution in [2.24, 2.45) is 0 Å². The molecule has 0 spiro atoms. The molecule has 0 bridgehead atoms. The van der Waals surface area contributed by atoms with Gasteiger partial charge >= 0.3 is 0 Å². The second-order valence-corrected chi connectivity index (χ2v) is 7.09. The Hall–Kier alpha value is -1.87. The molecule has 0 aliphatic heterocycles. The van der Waals surface area contributed by atoms with Crippen LogP contribution >= 0.6 is 15.9 Å². The molecule has 2 nitrogen and oxygen atoms in total. The second-order valence-electron chi connectivity index (χ2n) is 6.17. The van der Waals surface area contributed by atoms with Gasteiger partial charge in [0.1, 0.15) is 0 Å². The highest BCUT2D eigenvalue weighted by atomic mass is 79.9. The normalized spacial score (nSPS) is 11.6. The topological polar surface area (TPSA) is 29.1 Å². The molecule has 114 valence electrons. The molecule has 0 unspecified atom stereocenters. The van der Waals surface area contributed by atoms with Gasteiger partial charge in [-0.15, -0.1) is 0 Å². The zero-order chi connectivity index (χ0) is 16.2.